The van der Waals surface area contributed by atoms with Gasteiger partial charge in [-0.1, -0.05) is 23.7 Å². The van der Waals surface area contributed by atoms with Crippen molar-refractivity contribution in [2.75, 3.05) is 18.0 Å². The number of nitriles is 1. The van der Waals surface area contributed by atoms with E-state index < -0.39 is 0 Å². The van der Waals surface area contributed by atoms with Gasteiger partial charge in [0, 0.05) is 29.4 Å². The topological polar surface area (TPSA) is 44.1 Å². The minimum absolute atomic E-state index is 0.105. The first-order chi connectivity index (χ1) is 11.6. The molecule has 0 aliphatic carbocycles. The lowest BCUT2D eigenvalue weighted by Gasteiger charge is -2.20. The van der Waals surface area contributed by atoms with Gasteiger partial charge in [-0.15, -0.1) is 0 Å². The lowest BCUT2D eigenvalue weighted by atomic mass is 10.0. The van der Waals surface area contributed by atoms with Gasteiger partial charge in [0.2, 0.25) is 5.78 Å². The molecular formula is C20H19ClN2O. The molecule has 0 amide bonds. The van der Waals surface area contributed by atoms with Crippen LogP contribution in [0, 0.1) is 11.3 Å². The van der Waals surface area contributed by atoms with Crippen LogP contribution in [0.3, 0.4) is 0 Å². The molecule has 0 aliphatic rings. The molecule has 0 bridgehead atoms. The fourth-order valence-corrected chi connectivity index (χ4v) is 2.57. The molecule has 0 heterocycles. The number of halogens is 1. The molecule has 2 aromatic rings. The van der Waals surface area contributed by atoms with E-state index in [2.05, 4.69) is 18.7 Å². The maximum absolute atomic E-state index is 12.4. The second kappa shape index (κ2) is 8.33. The van der Waals surface area contributed by atoms with Gasteiger partial charge in [0.15, 0.2) is 0 Å². The SMILES string of the molecule is CCN(CC)c1ccc(/C=C(/C#N)C(=O)c2ccc(Cl)cc2)cc1. The van der Waals surface area contributed by atoms with E-state index in [4.69, 9.17) is 11.6 Å². The van der Waals surface area contributed by atoms with Crippen LogP contribution in [0.4, 0.5) is 5.69 Å². The Kier molecular flexibility index (Phi) is 6.17. The number of Topliss-reactive ketones (excluding diaryl/α,β-unsaturated/α-hetero) is 1. The van der Waals surface area contributed by atoms with Crippen LogP contribution < -0.4 is 4.90 Å². The van der Waals surface area contributed by atoms with E-state index in [1.807, 2.05) is 30.3 Å². The fraction of sp³-hybridized carbons (Fsp3) is 0.200. The highest BCUT2D eigenvalue weighted by Gasteiger charge is 2.12. The summed E-state index contributed by atoms with van der Waals surface area (Å²) in [6.07, 6.45) is 1.61. The number of ketones is 1. The number of carbonyl (C=O) groups is 1. The molecule has 24 heavy (non-hydrogen) atoms. The van der Waals surface area contributed by atoms with Crippen molar-refractivity contribution in [2.45, 2.75) is 13.8 Å². The van der Waals surface area contributed by atoms with Crippen molar-refractivity contribution < 1.29 is 4.79 Å². The van der Waals surface area contributed by atoms with E-state index in [1.54, 1.807) is 30.3 Å². The second-order valence-corrected chi connectivity index (χ2v) is 5.71. The van der Waals surface area contributed by atoms with Gasteiger partial charge in [0.05, 0.1) is 0 Å². The standard InChI is InChI=1S/C20H19ClN2O/c1-3-23(4-2)19-11-5-15(6-12-19)13-17(14-22)20(24)16-7-9-18(21)10-8-16/h5-13H,3-4H2,1-2H3/b17-13-. The lowest BCUT2D eigenvalue weighted by molar-refractivity contribution is 0.104. The van der Waals surface area contributed by atoms with Crippen LogP contribution in [0.25, 0.3) is 6.08 Å². The molecule has 0 N–H and O–H groups in total. The lowest BCUT2D eigenvalue weighted by Crippen LogP contribution is -2.21. The molecule has 0 saturated heterocycles. The second-order valence-electron chi connectivity index (χ2n) is 5.27. The maximum Gasteiger partial charge on any atom is 0.203 e. The van der Waals surface area contributed by atoms with E-state index in [9.17, 15) is 10.1 Å². The zero-order valence-electron chi connectivity index (χ0n) is 13.8. The van der Waals surface area contributed by atoms with Crippen LogP contribution in [0.2, 0.25) is 5.02 Å². The third-order valence-electron chi connectivity index (χ3n) is 3.80. The van der Waals surface area contributed by atoms with Gasteiger partial charge in [0.25, 0.3) is 0 Å². The van der Waals surface area contributed by atoms with Crippen molar-refractivity contribution in [3.05, 3.63) is 70.3 Å². The third-order valence-corrected chi connectivity index (χ3v) is 4.06. The Labute approximate surface area is 147 Å². The van der Waals surface area contributed by atoms with Crippen molar-refractivity contribution in [1.82, 2.24) is 0 Å². The minimum Gasteiger partial charge on any atom is -0.372 e. The zero-order valence-corrected chi connectivity index (χ0v) is 14.5. The fourth-order valence-electron chi connectivity index (χ4n) is 2.44. The van der Waals surface area contributed by atoms with E-state index in [1.165, 1.54) is 0 Å². The summed E-state index contributed by atoms with van der Waals surface area (Å²) in [5, 5.41) is 9.88. The van der Waals surface area contributed by atoms with E-state index in [-0.39, 0.29) is 11.4 Å². The molecule has 2 aromatic carbocycles. The molecule has 3 nitrogen and oxygen atoms in total. The maximum atomic E-state index is 12.4. The predicted molar refractivity (Wildman–Crippen MR) is 99.4 cm³/mol. The molecule has 4 heteroatoms. The molecule has 0 aromatic heterocycles. The molecule has 122 valence electrons. The third kappa shape index (κ3) is 4.24. The van der Waals surface area contributed by atoms with Crippen LogP contribution in [0.15, 0.2) is 54.1 Å². The highest BCUT2D eigenvalue weighted by atomic mass is 35.5. The molecule has 0 atom stereocenters. The number of nitrogens with zero attached hydrogens (tertiary/aromatic N) is 2. The van der Waals surface area contributed by atoms with Gasteiger partial charge >= 0.3 is 0 Å². The number of hydrogen-bond acceptors (Lipinski definition) is 3. The summed E-state index contributed by atoms with van der Waals surface area (Å²) in [6.45, 7) is 6.08. The van der Waals surface area contributed by atoms with Gasteiger partial charge in [-0.05, 0) is 61.9 Å². The average Bonchev–Trinajstić information content (AvgIpc) is 2.62. The normalized spacial score (nSPS) is 11.0. The van der Waals surface area contributed by atoms with Crippen LogP contribution in [-0.4, -0.2) is 18.9 Å². The van der Waals surface area contributed by atoms with Gasteiger partial charge in [-0.25, -0.2) is 0 Å². The Balaban J connectivity index is 2.25. The molecule has 0 unspecified atom stereocenters. The minimum atomic E-state index is -0.304. The van der Waals surface area contributed by atoms with Gasteiger partial charge in [-0.3, -0.25) is 4.79 Å². The first-order valence-corrected chi connectivity index (χ1v) is 8.24. The largest absolute Gasteiger partial charge is 0.372 e. The summed E-state index contributed by atoms with van der Waals surface area (Å²) in [5.74, 6) is -0.304. The zero-order chi connectivity index (χ0) is 17.5. The van der Waals surface area contributed by atoms with Crippen molar-refractivity contribution in [1.29, 1.82) is 5.26 Å². The molecule has 0 saturated carbocycles. The number of anilines is 1. The van der Waals surface area contributed by atoms with Crippen LogP contribution in [-0.2, 0) is 0 Å². The van der Waals surface area contributed by atoms with E-state index >= 15 is 0 Å². The number of carbonyl (C=O) groups excluding carboxylic acids is 1. The summed E-state index contributed by atoms with van der Waals surface area (Å²) in [5.41, 5.74) is 2.50. The van der Waals surface area contributed by atoms with Crippen LogP contribution in [0.5, 0.6) is 0 Å². The van der Waals surface area contributed by atoms with E-state index in [0.717, 1.165) is 24.3 Å². The smallest absolute Gasteiger partial charge is 0.203 e. The molecule has 0 spiro atoms. The Morgan fingerprint density at radius 2 is 1.67 bits per heavy atom. The number of rotatable bonds is 6. The summed E-state index contributed by atoms with van der Waals surface area (Å²) in [7, 11) is 0. The summed E-state index contributed by atoms with van der Waals surface area (Å²) >= 11 is 5.83. The average molecular weight is 339 g/mol. The molecule has 0 radical (unpaired) electrons. The Bertz CT molecular complexity index is 767. The number of hydrogen-bond donors (Lipinski definition) is 0. The van der Waals surface area contributed by atoms with Crippen LogP contribution in [0.1, 0.15) is 29.8 Å². The number of allylic oxidation sites excluding steroid dienone is 1. The number of benzene rings is 2. The van der Waals surface area contributed by atoms with E-state index in [0.29, 0.717) is 10.6 Å². The van der Waals surface area contributed by atoms with Crippen molar-refractivity contribution in [2.24, 2.45) is 0 Å². The first kappa shape index (κ1) is 17.8. The monoisotopic (exact) mass is 338 g/mol. The summed E-state index contributed by atoms with van der Waals surface area (Å²) in [4.78, 5) is 14.7. The highest BCUT2D eigenvalue weighted by Crippen LogP contribution is 2.18. The first-order valence-electron chi connectivity index (χ1n) is 7.86. The highest BCUT2D eigenvalue weighted by molar-refractivity contribution is 6.30. The molecular weight excluding hydrogens is 320 g/mol. The van der Waals surface area contributed by atoms with Gasteiger partial charge in [-0.2, -0.15) is 5.26 Å². The van der Waals surface area contributed by atoms with Crippen molar-refractivity contribution in [3.8, 4) is 6.07 Å². The summed E-state index contributed by atoms with van der Waals surface area (Å²) in [6, 6.07) is 16.4. The molecule has 2 rings (SSSR count). The quantitative estimate of drug-likeness (QED) is 0.424. The van der Waals surface area contributed by atoms with Crippen LogP contribution >= 0.6 is 11.6 Å². The molecule has 0 aliphatic heterocycles. The van der Waals surface area contributed by atoms with Gasteiger partial charge in [0.1, 0.15) is 11.6 Å². The predicted octanol–water partition coefficient (Wildman–Crippen LogP) is 4.98. The van der Waals surface area contributed by atoms with Crippen molar-refractivity contribution >= 4 is 29.1 Å². The van der Waals surface area contributed by atoms with Crippen molar-refractivity contribution in [3.63, 3.8) is 0 Å². The Morgan fingerprint density at radius 3 is 2.17 bits per heavy atom. The summed E-state index contributed by atoms with van der Waals surface area (Å²) < 4.78 is 0. The van der Waals surface area contributed by atoms with Gasteiger partial charge < -0.3 is 4.90 Å². The Morgan fingerprint density at radius 1 is 1.08 bits per heavy atom. The Hall–Kier alpha value is -2.57. The molecule has 0 fully saturated rings.